The van der Waals surface area contributed by atoms with Crippen LogP contribution in [0, 0.1) is 6.92 Å². The highest BCUT2D eigenvalue weighted by Gasteiger charge is 2.10. The Balaban J connectivity index is 1.87. The van der Waals surface area contributed by atoms with Crippen molar-refractivity contribution in [2.45, 2.75) is 13.3 Å². The van der Waals surface area contributed by atoms with Crippen LogP contribution in [0.2, 0.25) is 0 Å². The van der Waals surface area contributed by atoms with Crippen LogP contribution in [-0.4, -0.2) is 9.97 Å². The fourth-order valence-electron chi connectivity index (χ4n) is 2.81. The van der Waals surface area contributed by atoms with Gasteiger partial charge in [-0.25, -0.2) is 9.78 Å². The van der Waals surface area contributed by atoms with Crippen molar-refractivity contribution in [1.29, 1.82) is 0 Å². The molecule has 0 atom stereocenters. The van der Waals surface area contributed by atoms with Crippen LogP contribution in [0.25, 0.3) is 22.0 Å². The summed E-state index contributed by atoms with van der Waals surface area (Å²) < 4.78 is 5.34. The first kappa shape index (κ1) is 12.8. The van der Waals surface area contributed by atoms with E-state index >= 15 is 0 Å². The summed E-state index contributed by atoms with van der Waals surface area (Å²) >= 11 is 0. The molecule has 4 aromatic rings. The van der Waals surface area contributed by atoms with Gasteiger partial charge in [0.2, 0.25) is 0 Å². The lowest BCUT2D eigenvalue weighted by Gasteiger charge is -2.05. The molecule has 0 unspecified atom stereocenters. The maximum Gasteiger partial charge on any atom is 0.336 e. The number of fused-ring (bicyclic) bond motifs is 2. The zero-order valence-electron chi connectivity index (χ0n) is 12.1. The molecule has 22 heavy (non-hydrogen) atoms. The Morgan fingerprint density at radius 2 is 2.00 bits per heavy atom. The predicted molar refractivity (Wildman–Crippen MR) is 86.1 cm³/mol. The lowest BCUT2D eigenvalue weighted by atomic mass is 10.0. The van der Waals surface area contributed by atoms with Gasteiger partial charge in [-0.15, -0.1) is 0 Å². The number of aryl methyl sites for hydroxylation is 1. The molecule has 0 aliphatic rings. The molecule has 0 radical (unpaired) electrons. The van der Waals surface area contributed by atoms with Gasteiger partial charge in [-0.3, -0.25) is 0 Å². The highest BCUT2D eigenvalue weighted by molar-refractivity contribution is 5.83. The third-order valence-electron chi connectivity index (χ3n) is 3.85. The molecule has 0 spiro atoms. The molecule has 4 heteroatoms. The fraction of sp³-hybridized carbons (Fsp3) is 0.111. The van der Waals surface area contributed by atoms with Gasteiger partial charge in [0.15, 0.2) is 0 Å². The minimum atomic E-state index is -0.326. The molecule has 2 aromatic heterocycles. The monoisotopic (exact) mass is 290 g/mol. The van der Waals surface area contributed by atoms with E-state index in [-0.39, 0.29) is 5.63 Å². The van der Waals surface area contributed by atoms with Crippen molar-refractivity contribution in [3.8, 4) is 0 Å². The van der Waals surface area contributed by atoms with E-state index in [1.807, 2.05) is 49.4 Å². The first-order chi connectivity index (χ1) is 10.7. The van der Waals surface area contributed by atoms with Crippen molar-refractivity contribution >= 4 is 22.0 Å². The summed E-state index contributed by atoms with van der Waals surface area (Å²) in [4.78, 5) is 19.7. The second-order valence-electron chi connectivity index (χ2n) is 5.42. The molecule has 108 valence electrons. The summed E-state index contributed by atoms with van der Waals surface area (Å²) in [6, 6.07) is 15.3. The van der Waals surface area contributed by atoms with E-state index in [1.54, 1.807) is 6.07 Å². The molecule has 0 aliphatic carbocycles. The Kier molecular flexibility index (Phi) is 2.82. The number of rotatable bonds is 2. The SMILES string of the molecule is Cc1cccc2c(Cc3nc4ccccc4[nH]3)cc(=O)oc12. The number of nitrogens with zero attached hydrogens (tertiary/aromatic N) is 1. The van der Waals surface area contributed by atoms with Crippen molar-refractivity contribution in [3.63, 3.8) is 0 Å². The lowest BCUT2D eigenvalue weighted by molar-refractivity contribution is 0.557. The summed E-state index contributed by atoms with van der Waals surface area (Å²) in [6.07, 6.45) is 0.570. The lowest BCUT2D eigenvalue weighted by Crippen LogP contribution is -2.03. The van der Waals surface area contributed by atoms with E-state index in [9.17, 15) is 4.79 Å². The number of H-pyrrole nitrogens is 1. The second kappa shape index (κ2) is 4.84. The molecule has 0 amide bonds. The maximum atomic E-state index is 11.8. The van der Waals surface area contributed by atoms with Gasteiger partial charge in [0.1, 0.15) is 11.4 Å². The number of hydrogen-bond donors (Lipinski definition) is 1. The van der Waals surface area contributed by atoms with Crippen LogP contribution >= 0.6 is 0 Å². The van der Waals surface area contributed by atoms with E-state index in [1.165, 1.54) is 0 Å². The third-order valence-corrected chi connectivity index (χ3v) is 3.85. The molecule has 0 saturated heterocycles. The molecular weight excluding hydrogens is 276 g/mol. The van der Waals surface area contributed by atoms with Gasteiger partial charge in [-0.1, -0.05) is 30.3 Å². The van der Waals surface area contributed by atoms with Crippen LogP contribution in [0.4, 0.5) is 0 Å². The highest BCUT2D eigenvalue weighted by Crippen LogP contribution is 2.22. The Bertz CT molecular complexity index is 1010. The smallest absolute Gasteiger partial charge is 0.336 e. The molecule has 1 N–H and O–H groups in total. The van der Waals surface area contributed by atoms with Crippen molar-refractivity contribution in [3.05, 3.63) is 75.9 Å². The van der Waals surface area contributed by atoms with Crippen LogP contribution < -0.4 is 5.63 Å². The number of imidazole rings is 1. The molecule has 2 aromatic carbocycles. The van der Waals surface area contributed by atoms with Crippen molar-refractivity contribution in [2.75, 3.05) is 0 Å². The fourth-order valence-corrected chi connectivity index (χ4v) is 2.81. The third kappa shape index (κ3) is 2.09. The van der Waals surface area contributed by atoms with Gasteiger partial charge in [0.25, 0.3) is 0 Å². The number of aromatic nitrogens is 2. The topological polar surface area (TPSA) is 58.9 Å². The molecule has 4 nitrogen and oxygen atoms in total. The zero-order valence-corrected chi connectivity index (χ0v) is 12.1. The average molecular weight is 290 g/mol. The molecule has 4 rings (SSSR count). The standard InChI is InChI=1S/C18H14N2O2/c1-11-5-4-6-13-12(10-17(21)22-18(11)13)9-16-19-14-7-2-3-8-15(14)20-16/h2-8,10H,9H2,1H3,(H,19,20). The minimum Gasteiger partial charge on any atom is -0.422 e. The van der Waals surface area contributed by atoms with Gasteiger partial charge < -0.3 is 9.40 Å². The van der Waals surface area contributed by atoms with Gasteiger partial charge >= 0.3 is 5.63 Å². The highest BCUT2D eigenvalue weighted by atomic mass is 16.4. The number of aromatic amines is 1. The van der Waals surface area contributed by atoms with Gasteiger partial charge in [0, 0.05) is 17.9 Å². The second-order valence-corrected chi connectivity index (χ2v) is 5.42. The number of nitrogens with one attached hydrogen (secondary N) is 1. The number of hydrogen-bond acceptors (Lipinski definition) is 3. The van der Waals surface area contributed by atoms with Gasteiger partial charge in [-0.05, 0) is 30.2 Å². The number of benzene rings is 2. The van der Waals surface area contributed by atoms with Crippen molar-refractivity contribution in [2.24, 2.45) is 0 Å². The van der Waals surface area contributed by atoms with Gasteiger partial charge in [-0.2, -0.15) is 0 Å². The predicted octanol–water partition coefficient (Wildman–Crippen LogP) is 3.57. The largest absolute Gasteiger partial charge is 0.422 e. The van der Waals surface area contributed by atoms with Crippen LogP contribution in [0.15, 0.2) is 57.7 Å². The van der Waals surface area contributed by atoms with E-state index in [0.717, 1.165) is 33.4 Å². The summed E-state index contributed by atoms with van der Waals surface area (Å²) in [7, 11) is 0. The zero-order chi connectivity index (χ0) is 15.1. The summed E-state index contributed by atoms with van der Waals surface area (Å²) in [5, 5.41) is 0.958. The Morgan fingerprint density at radius 1 is 1.14 bits per heavy atom. The normalized spacial score (nSPS) is 11.3. The minimum absolute atomic E-state index is 0.326. The first-order valence-corrected chi connectivity index (χ1v) is 7.17. The van der Waals surface area contributed by atoms with Crippen LogP contribution in [0.1, 0.15) is 17.0 Å². The molecule has 2 heterocycles. The molecule has 0 saturated carbocycles. The van der Waals surface area contributed by atoms with Crippen LogP contribution in [0.3, 0.4) is 0 Å². The summed E-state index contributed by atoms with van der Waals surface area (Å²) in [5.41, 5.74) is 4.14. The maximum absolute atomic E-state index is 11.8. The summed E-state index contributed by atoms with van der Waals surface area (Å²) in [6.45, 7) is 1.94. The molecule has 0 aliphatic heterocycles. The molecule has 0 bridgehead atoms. The van der Waals surface area contributed by atoms with Crippen LogP contribution in [0.5, 0.6) is 0 Å². The van der Waals surface area contributed by atoms with E-state index < -0.39 is 0 Å². The number of para-hydroxylation sites is 3. The average Bonchev–Trinajstić information content (AvgIpc) is 2.90. The Labute approximate surface area is 126 Å². The Hall–Kier alpha value is -2.88. The molecular formula is C18H14N2O2. The van der Waals surface area contributed by atoms with Crippen molar-refractivity contribution < 1.29 is 4.42 Å². The van der Waals surface area contributed by atoms with E-state index in [4.69, 9.17) is 4.42 Å². The molecule has 0 fully saturated rings. The van der Waals surface area contributed by atoms with Crippen LogP contribution in [-0.2, 0) is 6.42 Å². The first-order valence-electron chi connectivity index (χ1n) is 7.17. The summed E-state index contributed by atoms with van der Waals surface area (Å²) in [5.74, 6) is 0.842. The quantitative estimate of drug-likeness (QED) is 0.574. The Morgan fingerprint density at radius 3 is 2.86 bits per heavy atom. The van der Waals surface area contributed by atoms with Crippen molar-refractivity contribution in [1.82, 2.24) is 9.97 Å². The van der Waals surface area contributed by atoms with E-state index in [0.29, 0.717) is 12.0 Å². The van der Waals surface area contributed by atoms with Gasteiger partial charge in [0.05, 0.1) is 11.0 Å². The van der Waals surface area contributed by atoms with E-state index in [2.05, 4.69) is 9.97 Å².